The molecule has 11 nitrogen and oxygen atoms in total. The van der Waals surface area contributed by atoms with Crippen molar-refractivity contribution in [1.82, 2.24) is 19.9 Å². The number of benzene rings is 1. The highest BCUT2D eigenvalue weighted by Gasteiger charge is 2.20. The van der Waals surface area contributed by atoms with Gasteiger partial charge in [-0.3, -0.25) is 19.9 Å². The number of ether oxygens (including phenoxy) is 1. The van der Waals surface area contributed by atoms with E-state index < -0.39 is 5.97 Å². The predicted octanol–water partition coefficient (Wildman–Crippen LogP) is 2.25. The molecule has 1 aliphatic heterocycles. The molecular weight excluding hydrogens is 480 g/mol. The van der Waals surface area contributed by atoms with Crippen molar-refractivity contribution >= 4 is 40.1 Å². The number of nitrogens with two attached hydrogens (primary N) is 1. The van der Waals surface area contributed by atoms with Crippen molar-refractivity contribution in [1.29, 1.82) is 5.41 Å². The summed E-state index contributed by atoms with van der Waals surface area (Å²) < 4.78 is 5.17. The second kappa shape index (κ2) is 11.7. The van der Waals surface area contributed by atoms with E-state index in [1.54, 1.807) is 12.4 Å². The summed E-state index contributed by atoms with van der Waals surface area (Å²) in [4.78, 5) is 40.9. The third-order valence-electron chi connectivity index (χ3n) is 5.51. The highest BCUT2D eigenvalue weighted by molar-refractivity contribution is 7.13. The average Bonchev–Trinajstić information content (AvgIpc) is 3.29. The summed E-state index contributed by atoms with van der Waals surface area (Å²) in [6, 6.07) is 7.63. The number of carbonyl (C=O) groups excluding carboxylic acids is 2. The Hall–Kier alpha value is -3.90. The lowest BCUT2D eigenvalue weighted by atomic mass is 10.1. The molecule has 1 amide bonds. The van der Waals surface area contributed by atoms with Gasteiger partial charge in [-0.2, -0.15) is 0 Å². The zero-order valence-electron chi connectivity index (χ0n) is 19.9. The normalized spacial score (nSPS) is 13.9. The summed E-state index contributed by atoms with van der Waals surface area (Å²) >= 11 is 1.44. The second-order valence-corrected chi connectivity index (χ2v) is 9.28. The van der Waals surface area contributed by atoms with Crippen LogP contribution in [-0.2, 0) is 27.5 Å². The van der Waals surface area contributed by atoms with Gasteiger partial charge in [-0.05, 0) is 17.2 Å². The Balaban J connectivity index is 1.29. The number of carbonyl (C=O) groups is 2. The van der Waals surface area contributed by atoms with E-state index in [4.69, 9.17) is 15.9 Å². The number of amides is 1. The van der Waals surface area contributed by atoms with E-state index in [0.29, 0.717) is 11.1 Å². The van der Waals surface area contributed by atoms with Crippen molar-refractivity contribution in [3.63, 3.8) is 0 Å². The topological polar surface area (TPSA) is 150 Å². The summed E-state index contributed by atoms with van der Waals surface area (Å²) in [5.74, 6) is -0.171. The fourth-order valence-corrected chi connectivity index (χ4v) is 4.51. The summed E-state index contributed by atoms with van der Waals surface area (Å²) in [5.41, 5.74) is 8.80. The van der Waals surface area contributed by atoms with Gasteiger partial charge in [0, 0.05) is 63.0 Å². The minimum atomic E-state index is -0.526. The van der Waals surface area contributed by atoms with Crippen LogP contribution >= 0.6 is 11.3 Å². The van der Waals surface area contributed by atoms with Gasteiger partial charge in [0.2, 0.25) is 11.9 Å². The molecule has 188 valence electrons. The molecule has 0 unspecified atom stereocenters. The Bertz CT molecular complexity index is 1220. The Kier molecular flexibility index (Phi) is 8.18. The molecule has 1 aromatic carbocycles. The van der Waals surface area contributed by atoms with E-state index in [1.807, 2.05) is 29.6 Å². The van der Waals surface area contributed by atoms with E-state index in [2.05, 4.69) is 30.1 Å². The molecule has 4 rings (SSSR count). The molecule has 12 heteroatoms. The molecule has 0 aliphatic carbocycles. The van der Waals surface area contributed by atoms with Crippen LogP contribution in [0.1, 0.15) is 24.6 Å². The monoisotopic (exact) mass is 508 g/mol. The summed E-state index contributed by atoms with van der Waals surface area (Å²) in [6.45, 7) is 5.67. The zero-order chi connectivity index (χ0) is 25.5. The minimum Gasteiger partial charge on any atom is -0.460 e. The molecule has 3 heterocycles. The van der Waals surface area contributed by atoms with Crippen LogP contribution in [0.4, 0.5) is 11.1 Å². The fourth-order valence-electron chi connectivity index (χ4n) is 3.77. The van der Waals surface area contributed by atoms with Crippen molar-refractivity contribution in [3.05, 3.63) is 53.3 Å². The van der Waals surface area contributed by atoms with Gasteiger partial charge in [-0.1, -0.05) is 18.2 Å². The Labute approximate surface area is 212 Å². The Morgan fingerprint density at radius 1 is 1.17 bits per heavy atom. The number of hydrogen-bond donors (Lipinski definition) is 3. The molecule has 0 spiro atoms. The highest BCUT2D eigenvalue weighted by Crippen LogP contribution is 2.22. The maximum absolute atomic E-state index is 11.6. The zero-order valence-corrected chi connectivity index (χ0v) is 20.8. The number of anilines is 2. The summed E-state index contributed by atoms with van der Waals surface area (Å²) in [6.07, 6.45) is 3.39. The van der Waals surface area contributed by atoms with Crippen LogP contribution in [0.25, 0.3) is 11.1 Å². The molecular formula is C24H28N8O3S. The first-order chi connectivity index (χ1) is 17.4. The molecule has 0 saturated carbocycles. The molecule has 36 heavy (non-hydrogen) atoms. The first-order valence-electron chi connectivity index (χ1n) is 11.4. The van der Waals surface area contributed by atoms with Gasteiger partial charge in [0.05, 0.1) is 5.69 Å². The number of aromatic nitrogens is 3. The van der Waals surface area contributed by atoms with Gasteiger partial charge < -0.3 is 20.7 Å². The van der Waals surface area contributed by atoms with Crippen molar-refractivity contribution < 1.29 is 14.3 Å². The van der Waals surface area contributed by atoms with Crippen LogP contribution in [0.5, 0.6) is 0 Å². The van der Waals surface area contributed by atoms with E-state index in [-0.39, 0.29) is 24.8 Å². The van der Waals surface area contributed by atoms with Crippen molar-refractivity contribution in [2.75, 3.05) is 36.4 Å². The number of nitrogens with one attached hydrogen (secondary N) is 2. The van der Waals surface area contributed by atoms with Gasteiger partial charge in [-0.15, -0.1) is 11.3 Å². The van der Waals surface area contributed by atoms with Crippen LogP contribution in [0.2, 0.25) is 0 Å². The lowest BCUT2D eigenvalue weighted by Gasteiger charge is -2.34. The first-order valence-corrected chi connectivity index (χ1v) is 12.3. The van der Waals surface area contributed by atoms with Gasteiger partial charge in [0.15, 0.2) is 5.13 Å². The third-order valence-corrected chi connectivity index (χ3v) is 6.32. The second-order valence-electron chi connectivity index (χ2n) is 8.42. The Morgan fingerprint density at radius 3 is 2.61 bits per heavy atom. The van der Waals surface area contributed by atoms with Gasteiger partial charge in [-0.25, -0.2) is 15.0 Å². The van der Waals surface area contributed by atoms with Crippen LogP contribution in [0, 0.1) is 5.41 Å². The third kappa shape index (κ3) is 7.06. The lowest BCUT2D eigenvalue weighted by Crippen LogP contribution is -2.46. The Morgan fingerprint density at radius 2 is 1.92 bits per heavy atom. The first kappa shape index (κ1) is 25.2. The van der Waals surface area contributed by atoms with Crippen molar-refractivity contribution in [2.24, 2.45) is 5.73 Å². The molecule has 0 bridgehead atoms. The van der Waals surface area contributed by atoms with Crippen LogP contribution in [0.3, 0.4) is 0 Å². The number of amidine groups is 1. The molecule has 3 aromatic rings. The number of nitrogens with zero attached hydrogens (tertiary/aromatic N) is 5. The molecule has 4 N–H and O–H groups in total. The largest absolute Gasteiger partial charge is 0.460 e. The quantitative estimate of drug-likeness (QED) is 0.225. The molecule has 1 saturated heterocycles. The number of thiazole rings is 1. The smallest absolute Gasteiger partial charge is 0.313 e. The van der Waals surface area contributed by atoms with E-state index in [9.17, 15) is 9.59 Å². The maximum atomic E-state index is 11.6. The van der Waals surface area contributed by atoms with Crippen LogP contribution < -0.4 is 16.0 Å². The van der Waals surface area contributed by atoms with Gasteiger partial charge >= 0.3 is 5.97 Å². The summed E-state index contributed by atoms with van der Waals surface area (Å²) in [7, 11) is 0. The molecule has 0 atom stereocenters. The van der Waals surface area contributed by atoms with Gasteiger partial charge in [0.25, 0.3) is 0 Å². The van der Waals surface area contributed by atoms with Crippen molar-refractivity contribution in [2.45, 2.75) is 26.5 Å². The number of rotatable bonds is 9. The minimum absolute atomic E-state index is 0.110. The lowest BCUT2D eigenvalue weighted by molar-refractivity contribution is -0.143. The predicted molar refractivity (Wildman–Crippen MR) is 138 cm³/mol. The van der Waals surface area contributed by atoms with E-state index in [0.717, 1.165) is 55.1 Å². The SMILES string of the molecule is CC(=O)Nc1nc(CN2CCN(c3ncc(-c4cccc(COC(=O)CC(=N)N)c4)cn3)CC2)cs1. The molecule has 2 aromatic heterocycles. The number of esters is 1. The van der Waals surface area contributed by atoms with E-state index >= 15 is 0 Å². The number of piperazine rings is 1. The average molecular weight is 509 g/mol. The number of hydrogen-bond acceptors (Lipinski definition) is 10. The highest BCUT2D eigenvalue weighted by atomic mass is 32.1. The van der Waals surface area contributed by atoms with Crippen LogP contribution in [0.15, 0.2) is 42.0 Å². The molecule has 1 fully saturated rings. The van der Waals surface area contributed by atoms with Crippen molar-refractivity contribution in [3.8, 4) is 11.1 Å². The maximum Gasteiger partial charge on any atom is 0.313 e. The summed E-state index contributed by atoms with van der Waals surface area (Å²) in [5, 5.41) is 12.5. The molecule has 0 radical (unpaired) electrons. The molecule has 1 aliphatic rings. The van der Waals surface area contributed by atoms with Crippen LogP contribution in [-0.4, -0.2) is 63.7 Å². The van der Waals surface area contributed by atoms with E-state index in [1.165, 1.54) is 18.3 Å². The fraction of sp³-hybridized carbons (Fsp3) is 0.333. The standard InChI is InChI=1S/C24H28N8O3S/c1-16(33)29-24-30-20(15-36-24)13-31-5-7-32(8-6-31)23-27-11-19(12-28-23)18-4-2-3-17(9-18)14-35-22(34)10-21(25)26/h2-4,9,11-12,15H,5-8,10,13-14H2,1H3,(H3,25,26)(H,29,30,33). The van der Waals surface area contributed by atoms with Gasteiger partial charge in [0.1, 0.15) is 18.9 Å².